The number of carbonyl (C=O) groups excluding carboxylic acids is 1. The quantitative estimate of drug-likeness (QED) is 0.321. The summed E-state index contributed by atoms with van der Waals surface area (Å²) >= 11 is 0. The van der Waals surface area contributed by atoms with E-state index in [9.17, 15) is 4.79 Å². The van der Waals surface area contributed by atoms with Crippen molar-refractivity contribution in [2.75, 3.05) is 10.6 Å². The molecule has 1 heterocycles. The second kappa shape index (κ2) is 9.74. The summed E-state index contributed by atoms with van der Waals surface area (Å²) in [5.74, 6) is 1.13. The van der Waals surface area contributed by atoms with Crippen LogP contribution in [-0.4, -0.2) is 5.78 Å². The molecule has 0 saturated carbocycles. The van der Waals surface area contributed by atoms with E-state index in [4.69, 9.17) is 4.74 Å². The largest absolute Gasteiger partial charge is 0.489 e. The summed E-state index contributed by atoms with van der Waals surface area (Å²) in [6.45, 7) is 0.498. The Hall–Kier alpha value is -4.31. The van der Waals surface area contributed by atoms with E-state index in [1.165, 1.54) is 5.56 Å². The van der Waals surface area contributed by atoms with Crippen LogP contribution < -0.4 is 15.4 Å². The molecule has 36 heavy (non-hydrogen) atoms. The predicted molar refractivity (Wildman–Crippen MR) is 144 cm³/mol. The number of nitrogens with one attached hydrogen (secondary N) is 2. The number of Topliss-reactive ketones (excluding diaryl/α,β-unsaturated/α-hetero) is 1. The summed E-state index contributed by atoms with van der Waals surface area (Å²) in [7, 11) is 0. The van der Waals surface area contributed by atoms with E-state index in [1.54, 1.807) is 0 Å². The number of ketones is 1. The Morgan fingerprint density at radius 1 is 0.722 bits per heavy atom. The summed E-state index contributed by atoms with van der Waals surface area (Å²) in [4.78, 5) is 13.7. The van der Waals surface area contributed by atoms with Crippen LogP contribution in [0.3, 0.4) is 0 Å². The molecule has 0 aromatic heterocycles. The van der Waals surface area contributed by atoms with Gasteiger partial charge in [-0.25, -0.2) is 0 Å². The zero-order valence-electron chi connectivity index (χ0n) is 20.0. The van der Waals surface area contributed by atoms with E-state index in [0.29, 0.717) is 13.0 Å². The minimum Gasteiger partial charge on any atom is -0.489 e. The number of hydrogen-bond acceptors (Lipinski definition) is 4. The Morgan fingerprint density at radius 3 is 2.22 bits per heavy atom. The van der Waals surface area contributed by atoms with Gasteiger partial charge in [0.15, 0.2) is 5.78 Å². The molecular formula is C32H28N2O2. The van der Waals surface area contributed by atoms with Crippen molar-refractivity contribution in [2.24, 2.45) is 0 Å². The maximum Gasteiger partial charge on any atom is 0.163 e. The van der Waals surface area contributed by atoms with E-state index in [1.807, 2.05) is 60.7 Å². The van der Waals surface area contributed by atoms with Gasteiger partial charge in [0.25, 0.3) is 0 Å². The first-order valence-electron chi connectivity index (χ1n) is 12.4. The van der Waals surface area contributed by atoms with Gasteiger partial charge in [-0.1, -0.05) is 84.9 Å². The lowest BCUT2D eigenvalue weighted by atomic mass is 9.78. The topological polar surface area (TPSA) is 50.4 Å². The highest BCUT2D eigenvalue weighted by atomic mass is 16.5. The Kier molecular flexibility index (Phi) is 6.00. The van der Waals surface area contributed by atoms with Crippen molar-refractivity contribution in [3.05, 3.63) is 137 Å². The first kappa shape index (κ1) is 22.2. The van der Waals surface area contributed by atoms with Crippen LogP contribution >= 0.6 is 0 Å². The normalized spacial score (nSPS) is 18.8. The minimum atomic E-state index is -0.263. The Labute approximate surface area is 211 Å². The lowest BCUT2D eigenvalue weighted by Gasteiger charge is -2.30. The standard InChI is InChI=1S/C32H28N2O2/c35-30-20-25(23-12-5-2-6-13-23)19-29-31(30)32(34-28-17-8-7-16-27(28)33-29)24-14-9-15-26(18-24)36-21-22-10-3-1-4-11-22/h1-18,25,32-34H,19-21H2/t25-,32+/m1/s1. The fourth-order valence-electron chi connectivity index (χ4n) is 5.23. The second-order valence-corrected chi connectivity index (χ2v) is 9.43. The molecule has 1 aliphatic heterocycles. The fourth-order valence-corrected chi connectivity index (χ4v) is 5.23. The smallest absolute Gasteiger partial charge is 0.163 e. The molecule has 0 radical (unpaired) electrons. The number of fused-ring (bicyclic) bond motifs is 1. The van der Waals surface area contributed by atoms with Crippen LogP contribution in [0.4, 0.5) is 11.4 Å². The lowest BCUT2D eigenvalue weighted by molar-refractivity contribution is -0.116. The third-order valence-corrected chi connectivity index (χ3v) is 7.02. The van der Waals surface area contributed by atoms with Gasteiger partial charge in [0.05, 0.1) is 17.4 Å². The first-order chi connectivity index (χ1) is 17.7. The number of hydrogen-bond donors (Lipinski definition) is 2. The number of benzene rings is 4. The number of carbonyl (C=O) groups is 1. The molecule has 1 aliphatic carbocycles. The third kappa shape index (κ3) is 4.50. The van der Waals surface area contributed by atoms with Gasteiger partial charge in [0.2, 0.25) is 0 Å². The highest BCUT2D eigenvalue weighted by Crippen LogP contribution is 2.44. The van der Waals surface area contributed by atoms with Crippen LogP contribution in [0.5, 0.6) is 5.75 Å². The first-order valence-corrected chi connectivity index (χ1v) is 12.4. The van der Waals surface area contributed by atoms with E-state index in [2.05, 4.69) is 59.2 Å². The van der Waals surface area contributed by atoms with Crippen molar-refractivity contribution in [3.63, 3.8) is 0 Å². The molecule has 0 amide bonds. The van der Waals surface area contributed by atoms with Gasteiger partial charge >= 0.3 is 0 Å². The van der Waals surface area contributed by atoms with E-state index in [-0.39, 0.29) is 17.7 Å². The molecule has 2 aliphatic rings. The average Bonchev–Trinajstić information content (AvgIpc) is 3.10. The number of anilines is 2. The SMILES string of the molecule is O=C1C[C@H](c2ccccc2)CC2=C1[C@H](c1cccc(OCc3ccccc3)c1)Nc1ccccc1N2. The maximum absolute atomic E-state index is 13.7. The number of ether oxygens (including phenoxy) is 1. The highest BCUT2D eigenvalue weighted by Gasteiger charge is 2.36. The molecule has 0 fully saturated rings. The van der Waals surface area contributed by atoms with Gasteiger partial charge in [0.1, 0.15) is 12.4 Å². The maximum atomic E-state index is 13.7. The molecule has 6 rings (SSSR count). The highest BCUT2D eigenvalue weighted by molar-refractivity contribution is 6.01. The van der Waals surface area contributed by atoms with Gasteiger partial charge in [0, 0.05) is 17.7 Å². The minimum absolute atomic E-state index is 0.163. The molecular weight excluding hydrogens is 444 g/mol. The molecule has 178 valence electrons. The predicted octanol–water partition coefficient (Wildman–Crippen LogP) is 7.25. The van der Waals surface area contributed by atoms with Gasteiger partial charge in [-0.05, 0) is 53.3 Å². The van der Waals surface area contributed by atoms with E-state index in [0.717, 1.165) is 45.9 Å². The van der Waals surface area contributed by atoms with Crippen molar-refractivity contribution in [1.82, 2.24) is 0 Å². The Morgan fingerprint density at radius 2 is 1.42 bits per heavy atom. The van der Waals surface area contributed by atoms with Crippen LogP contribution in [0.15, 0.2) is 120 Å². The summed E-state index contributed by atoms with van der Waals surface area (Å²) in [5, 5.41) is 7.28. The van der Waals surface area contributed by atoms with Crippen molar-refractivity contribution in [1.29, 1.82) is 0 Å². The van der Waals surface area contributed by atoms with Crippen molar-refractivity contribution in [2.45, 2.75) is 31.4 Å². The molecule has 0 bridgehead atoms. The zero-order valence-corrected chi connectivity index (χ0v) is 20.0. The Bertz CT molecular complexity index is 1410. The molecule has 4 aromatic rings. The second-order valence-electron chi connectivity index (χ2n) is 9.43. The van der Waals surface area contributed by atoms with Crippen molar-refractivity contribution >= 4 is 17.2 Å². The van der Waals surface area contributed by atoms with Crippen LogP contribution in [0.2, 0.25) is 0 Å². The van der Waals surface area contributed by atoms with Crippen LogP contribution in [0.25, 0.3) is 0 Å². The van der Waals surface area contributed by atoms with Crippen LogP contribution in [0, 0.1) is 0 Å². The Balaban J connectivity index is 1.36. The zero-order chi connectivity index (χ0) is 24.3. The van der Waals surface area contributed by atoms with Gasteiger partial charge in [-0.2, -0.15) is 0 Å². The summed E-state index contributed by atoms with van der Waals surface area (Å²) < 4.78 is 6.12. The fraction of sp³-hybridized carbons (Fsp3) is 0.156. The third-order valence-electron chi connectivity index (χ3n) is 7.02. The monoisotopic (exact) mass is 472 g/mol. The molecule has 4 heteroatoms. The number of rotatable bonds is 5. The van der Waals surface area contributed by atoms with Crippen LogP contribution in [0.1, 0.15) is 41.5 Å². The molecule has 4 aromatic carbocycles. The van der Waals surface area contributed by atoms with Gasteiger partial charge in [-0.3, -0.25) is 4.79 Å². The van der Waals surface area contributed by atoms with Crippen molar-refractivity contribution in [3.8, 4) is 5.75 Å². The van der Waals surface area contributed by atoms with Gasteiger partial charge in [-0.15, -0.1) is 0 Å². The molecule has 0 spiro atoms. The van der Waals surface area contributed by atoms with Crippen LogP contribution in [-0.2, 0) is 11.4 Å². The van der Waals surface area contributed by atoms with E-state index >= 15 is 0 Å². The molecule has 2 atom stereocenters. The summed E-state index contributed by atoms with van der Waals surface area (Å²) in [6, 6.07) is 36.5. The molecule has 4 nitrogen and oxygen atoms in total. The van der Waals surface area contributed by atoms with E-state index < -0.39 is 0 Å². The lowest BCUT2D eigenvalue weighted by Crippen LogP contribution is -2.26. The van der Waals surface area contributed by atoms with Gasteiger partial charge < -0.3 is 15.4 Å². The average molecular weight is 473 g/mol. The molecule has 0 saturated heterocycles. The summed E-state index contributed by atoms with van der Waals surface area (Å²) in [6.07, 6.45) is 1.30. The number of allylic oxidation sites excluding steroid dienone is 1. The molecule has 2 N–H and O–H groups in total. The number of para-hydroxylation sites is 2. The summed E-state index contributed by atoms with van der Waals surface area (Å²) in [5.41, 5.74) is 7.13. The van der Waals surface area contributed by atoms with Crippen molar-refractivity contribution < 1.29 is 9.53 Å². The molecule has 0 unspecified atom stereocenters.